The molecule has 1 saturated heterocycles. The summed E-state index contributed by atoms with van der Waals surface area (Å²) in [5.41, 5.74) is 1.62. The van der Waals surface area contributed by atoms with E-state index in [1.165, 1.54) is 17.8 Å². The summed E-state index contributed by atoms with van der Waals surface area (Å²) in [4.78, 5) is 28.2. The summed E-state index contributed by atoms with van der Waals surface area (Å²) < 4.78 is 0. The van der Waals surface area contributed by atoms with E-state index < -0.39 is 0 Å². The van der Waals surface area contributed by atoms with E-state index in [0.29, 0.717) is 5.56 Å². The summed E-state index contributed by atoms with van der Waals surface area (Å²) in [6.07, 6.45) is 4.45. The van der Waals surface area contributed by atoms with Gasteiger partial charge in [0.1, 0.15) is 0 Å². The standard InChI is InChI=1S/C17H18N2O2/c20-16-9-8-14(12-18-16)17(21)19-10-4-7-15(19)11-13-5-2-1-3-6-13/h1-3,5-6,8-9,12,15H,4,7,10-11H2,(H,18,20). The molecule has 2 aromatic rings. The number of aromatic amines is 1. The van der Waals surface area contributed by atoms with Crippen LogP contribution in [0.1, 0.15) is 28.8 Å². The molecular formula is C17H18N2O2. The van der Waals surface area contributed by atoms with Crippen molar-refractivity contribution in [3.8, 4) is 0 Å². The van der Waals surface area contributed by atoms with Crippen molar-refractivity contribution < 1.29 is 4.79 Å². The third-order valence-electron chi connectivity index (χ3n) is 3.98. The summed E-state index contributed by atoms with van der Waals surface area (Å²) in [5, 5.41) is 0. The number of rotatable bonds is 3. The number of nitrogens with zero attached hydrogens (tertiary/aromatic N) is 1. The molecule has 1 amide bonds. The van der Waals surface area contributed by atoms with Crippen molar-refractivity contribution in [2.24, 2.45) is 0 Å². The number of hydrogen-bond donors (Lipinski definition) is 1. The van der Waals surface area contributed by atoms with Gasteiger partial charge in [-0.05, 0) is 30.9 Å². The molecule has 0 spiro atoms. The Bertz CT molecular complexity index is 658. The average molecular weight is 282 g/mol. The molecule has 3 rings (SSSR count). The van der Waals surface area contributed by atoms with Crippen LogP contribution in [0.3, 0.4) is 0 Å². The van der Waals surface area contributed by atoms with Crippen LogP contribution < -0.4 is 5.56 Å². The fourth-order valence-corrected chi connectivity index (χ4v) is 2.91. The van der Waals surface area contributed by atoms with E-state index in [1.54, 1.807) is 6.07 Å². The van der Waals surface area contributed by atoms with Crippen LogP contribution in [0.15, 0.2) is 53.5 Å². The number of benzene rings is 1. The molecule has 2 heterocycles. The Morgan fingerprint density at radius 3 is 2.71 bits per heavy atom. The van der Waals surface area contributed by atoms with Crippen molar-refractivity contribution in [2.75, 3.05) is 6.54 Å². The topological polar surface area (TPSA) is 53.2 Å². The van der Waals surface area contributed by atoms with E-state index in [9.17, 15) is 9.59 Å². The van der Waals surface area contributed by atoms with Gasteiger partial charge >= 0.3 is 0 Å². The van der Waals surface area contributed by atoms with Gasteiger partial charge in [0.15, 0.2) is 0 Å². The van der Waals surface area contributed by atoms with E-state index in [2.05, 4.69) is 17.1 Å². The lowest BCUT2D eigenvalue weighted by Crippen LogP contribution is -2.37. The molecule has 1 atom stereocenters. The summed E-state index contributed by atoms with van der Waals surface area (Å²) in [6, 6.07) is 13.5. The Kier molecular flexibility index (Phi) is 3.86. The first-order chi connectivity index (χ1) is 10.2. The lowest BCUT2D eigenvalue weighted by Gasteiger charge is -2.25. The SMILES string of the molecule is O=C(c1ccc(=O)[nH]c1)N1CCCC1Cc1ccccc1. The molecule has 1 aromatic heterocycles. The molecule has 0 radical (unpaired) electrons. The van der Waals surface area contributed by atoms with Gasteiger partial charge in [0.25, 0.3) is 5.91 Å². The van der Waals surface area contributed by atoms with Crippen LogP contribution in [0, 0.1) is 0 Å². The molecule has 0 aliphatic carbocycles. The number of amides is 1. The molecule has 1 aromatic carbocycles. The molecule has 0 saturated carbocycles. The predicted molar refractivity (Wildman–Crippen MR) is 81.3 cm³/mol. The van der Waals surface area contributed by atoms with Gasteiger partial charge in [0, 0.05) is 24.8 Å². The highest BCUT2D eigenvalue weighted by Gasteiger charge is 2.29. The largest absolute Gasteiger partial charge is 0.335 e. The third kappa shape index (κ3) is 3.05. The number of pyridine rings is 1. The van der Waals surface area contributed by atoms with Crippen LogP contribution in [0.25, 0.3) is 0 Å². The second-order valence-corrected chi connectivity index (χ2v) is 5.43. The number of carbonyl (C=O) groups is 1. The second-order valence-electron chi connectivity index (χ2n) is 5.43. The van der Waals surface area contributed by atoms with Crippen LogP contribution in [-0.2, 0) is 6.42 Å². The summed E-state index contributed by atoms with van der Waals surface area (Å²) in [7, 11) is 0. The number of likely N-dealkylation sites (tertiary alicyclic amines) is 1. The van der Waals surface area contributed by atoms with Crippen molar-refractivity contribution in [1.29, 1.82) is 0 Å². The Hall–Kier alpha value is -2.36. The lowest BCUT2D eigenvalue weighted by atomic mass is 10.0. The fourth-order valence-electron chi connectivity index (χ4n) is 2.91. The van der Waals surface area contributed by atoms with Gasteiger partial charge in [-0.15, -0.1) is 0 Å². The van der Waals surface area contributed by atoms with Crippen molar-refractivity contribution >= 4 is 5.91 Å². The molecule has 1 aliphatic heterocycles. The fraction of sp³-hybridized carbons (Fsp3) is 0.294. The smallest absolute Gasteiger partial charge is 0.255 e. The predicted octanol–water partition coefficient (Wildman–Crippen LogP) is 2.22. The van der Waals surface area contributed by atoms with Gasteiger partial charge < -0.3 is 9.88 Å². The van der Waals surface area contributed by atoms with Crippen molar-refractivity contribution in [3.63, 3.8) is 0 Å². The molecule has 4 nitrogen and oxygen atoms in total. The first-order valence-electron chi connectivity index (χ1n) is 7.28. The van der Waals surface area contributed by atoms with Gasteiger partial charge in [-0.25, -0.2) is 0 Å². The number of H-pyrrole nitrogens is 1. The average Bonchev–Trinajstić information content (AvgIpc) is 2.96. The first-order valence-corrected chi connectivity index (χ1v) is 7.28. The molecule has 0 bridgehead atoms. The van der Waals surface area contributed by atoms with E-state index in [1.807, 2.05) is 23.1 Å². The van der Waals surface area contributed by atoms with Gasteiger partial charge in [-0.2, -0.15) is 0 Å². The van der Waals surface area contributed by atoms with Crippen LogP contribution in [0.2, 0.25) is 0 Å². The van der Waals surface area contributed by atoms with Gasteiger partial charge in [-0.1, -0.05) is 30.3 Å². The van der Waals surface area contributed by atoms with E-state index in [-0.39, 0.29) is 17.5 Å². The lowest BCUT2D eigenvalue weighted by molar-refractivity contribution is 0.0736. The van der Waals surface area contributed by atoms with Gasteiger partial charge in [0.2, 0.25) is 5.56 Å². The molecule has 4 heteroatoms. The van der Waals surface area contributed by atoms with Crippen LogP contribution in [0.5, 0.6) is 0 Å². The summed E-state index contributed by atoms with van der Waals surface area (Å²) in [5.74, 6) is 0.00433. The van der Waals surface area contributed by atoms with E-state index in [0.717, 1.165) is 25.8 Å². The minimum absolute atomic E-state index is 0.00433. The van der Waals surface area contributed by atoms with Crippen LogP contribution >= 0.6 is 0 Å². The summed E-state index contributed by atoms with van der Waals surface area (Å²) in [6.45, 7) is 0.787. The minimum atomic E-state index is -0.186. The molecule has 1 unspecified atom stereocenters. The number of carbonyl (C=O) groups excluding carboxylic acids is 1. The maximum absolute atomic E-state index is 12.6. The molecule has 1 fully saturated rings. The highest BCUT2D eigenvalue weighted by Crippen LogP contribution is 2.23. The Labute approximate surface area is 123 Å². The zero-order valence-electron chi connectivity index (χ0n) is 11.8. The molecule has 1 aliphatic rings. The quantitative estimate of drug-likeness (QED) is 0.938. The molecule has 108 valence electrons. The maximum Gasteiger partial charge on any atom is 0.255 e. The summed E-state index contributed by atoms with van der Waals surface area (Å²) >= 11 is 0. The van der Waals surface area contributed by atoms with Crippen molar-refractivity contribution in [3.05, 3.63) is 70.1 Å². The minimum Gasteiger partial charge on any atom is -0.335 e. The van der Waals surface area contributed by atoms with Crippen LogP contribution in [0.4, 0.5) is 0 Å². The normalized spacial score (nSPS) is 17.9. The van der Waals surface area contributed by atoms with E-state index >= 15 is 0 Å². The third-order valence-corrected chi connectivity index (χ3v) is 3.98. The monoisotopic (exact) mass is 282 g/mol. The maximum atomic E-state index is 12.6. The van der Waals surface area contributed by atoms with E-state index in [4.69, 9.17) is 0 Å². The first kappa shape index (κ1) is 13.6. The number of aromatic nitrogens is 1. The van der Waals surface area contributed by atoms with Crippen molar-refractivity contribution in [1.82, 2.24) is 9.88 Å². The molecule has 1 N–H and O–H groups in total. The zero-order valence-corrected chi connectivity index (χ0v) is 11.8. The van der Waals surface area contributed by atoms with Crippen molar-refractivity contribution in [2.45, 2.75) is 25.3 Å². The number of nitrogens with one attached hydrogen (secondary N) is 1. The molecular weight excluding hydrogens is 264 g/mol. The Balaban J connectivity index is 1.76. The number of hydrogen-bond acceptors (Lipinski definition) is 2. The van der Waals surface area contributed by atoms with Crippen LogP contribution in [-0.4, -0.2) is 28.4 Å². The second kappa shape index (κ2) is 5.95. The highest BCUT2D eigenvalue weighted by atomic mass is 16.2. The zero-order chi connectivity index (χ0) is 14.7. The molecule has 21 heavy (non-hydrogen) atoms. The van der Waals surface area contributed by atoms with Gasteiger partial charge in [0.05, 0.1) is 5.56 Å². The Morgan fingerprint density at radius 1 is 1.19 bits per heavy atom. The van der Waals surface area contributed by atoms with Gasteiger partial charge in [-0.3, -0.25) is 9.59 Å². The highest BCUT2D eigenvalue weighted by molar-refractivity contribution is 5.94. The Morgan fingerprint density at radius 2 is 2.00 bits per heavy atom.